The molecule has 1 N–H and O–H groups in total. The molecule has 0 aliphatic carbocycles. The van der Waals surface area contributed by atoms with Gasteiger partial charge in [-0.05, 0) is 13.1 Å². The number of amides is 1. The van der Waals surface area contributed by atoms with Crippen LogP contribution in [0.5, 0.6) is 0 Å². The zero-order chi connectivity index (χ0) is 17.6. The van der Waals surface area contributed by atoms with Crippen molar-refractivity contribution in [2.24, 2.45) is 0 Å². The molecule has 4 rings (SSSR count). The number of nitrogens with one attached hydrogen (secondary N) is 1. The first kappa shape index (κ1) is 16.3. The van der Waals surface area contributed by atoms with Gasteiger partial charge in [-0.2, -0.15) is 0 Å². The van der Waals surface area contributed by atoms with E-state index in [0.717, 1.165) is 5.56 Å². The van der Waals surface area contributed by atoms with Gasteiger partial charge in [-0.1, -0.05) is 18.2 Å². The largest absolute Gasteiger partial charge is 0.345 e. The third-order valence-electron chi connectivity index (χ3n) is 5.13. The van der Waals surface area contributed by atoms with E-state index in [2.05, 4.69) is 14.9 Å². The number of H-pyrrole nitrogens is 1. The molecule has 2 fully saturated rings. The molecule has 1 amide bonds. The van der Waals surface area contributed by atoms with Gasteiger partial charge < -0.3 is 9.88 Å². The summed E-state index contributed by atoms with van der Waals surface area (Å²) in [5, 5.41) is 0. The first-order valence-electron chi connectivity index (χ1n) is 8.27. The van der Waals surface area contributed by atoms with Crippen molar-refractivity contribution >= 4 is 15.7 Å². The summed E-state index contributed by atoms with van der Waals surface area (Å²) in [4.78, 5) is 24.3. The van der Waals surface area contributed by atoms with E-state index in [1.54, 1.807) is 23.4 Å². The van der Waals surface area contributed by atoms with Crippen molar-refractivity contribution in [1.82, 2.24) is 19.8 Å². The van der Waals surface area contributed by atoms with Gasteiger partial charge in [-0.25, -0.2) is 13.4 Å². The van der Waals surface area contributed by atoms with E-state index in [1.165, 1.54) is 0 Å². The number of benzene rings is 1. The van der Waals surface area contributed by atoms with Crippen LogP contribution in [0.2, 0.25) is 0 Å². The maximum atomic E-state index is 13.2. The summed E-state index contributed by atoms with van der Waals surface area (Å²) in [6.45, 7) is 1.20. The molecule has 0 bridgehead atoms. The molecule has 2 aliphatic rings. The minimum Gasteiger partial charge on any atom is -0.345 e. The highest BCUT2D eigenvalue weighted by Crippen LogP contribution is 2.29. The summed E-state index contributed by atoms with van der Waals surface area (Å²) < 4.78 is 24.2. The fourth-order valence-electron chi connectivity index (χ4n) is 3.82. The first-order chi connectivity index (χ1) is 12.0. The number of imidazole rings is 1. The molecule has 0 spiro atoms. The van der Waals surface area contributed by atoms with Crippen molar-refractivity contribution < 1.29 is 13.2 Å². The van der Waals surface area contributed by atoms with Crippen LogP contribution in [-0.2, 0) is 9.84 Å². The molecule has 0 saturated carbocycles. The lowest BCUT2D eigenvalue weighted by Crippen LogP contribution is -2.59. The highest BCUT2D eigenvalue weighted by atomic mass is 32.2. The van der Waals surface area contributed by atoms with Crippen LogP contribution in [0.25, 0.3) is 11.4 Å². The molecule has 2 aromatic rings. The van der Waals surface area contributed by atoms with Gasteiger partial charge in [-0.3, -0.25) is 9.69 Å². The zero-order valence-electron chi connectivity index (χ0n) is 13.9. The van der Waals surface area contributed by atoms with E-state index < -0.39 is 9.84 Å². The van der Waals surface area contributed by atoms with Crippen molar-refractivity contribution in [3.05, 3.63) is 42.2 Å². The van der Waals surface area contributed by atoms with Gasteiger partial charge >= 0.3 is 0 Å². The highest BCUT2D eigenvalue weighted by Gasteiger charge is 2.47. The fraction of sp³-hybridized carbons (Fsp3) is 0.412. The molecule has 1 aromatic heterocycles. The Hall–Kier alpha value is -2.19. The van der Waals surface area contributed by atoms with Gasteiger partial charge in [0.1, 0.15) is 5.82 Å². The Balaban J connectivity index is 1.70. The summed E-state index contributed by atoms with van der Waals surface area (Å²) in [6, 6.07) is 6.89. The zero-order valence-corrected chi connectivity index (χ0v) is 14.7. The molecule has 7 nitrogen and oxygen atoms in total. The van der Waals surface area contributed by atoms with E-state index in [-0.39, 0.29) is 29.5 Å². The summed E-state index contributed by atoms with van der Waals surface area (Å²) in [5.74, 6) is 0.662. The number of aromatic amines is 1. The number of carbonyl (C=O) groups excluding carboxylic acids is 1. The third-order valence-corrected chi connectivity index (χ3v) is 6.82. The second kappa shape index (κ2) is 5.96. The van der Waals surface area contributed by atoms with Crippen molar-refractivity contribution in [2.45, 2.75) is 12.1 Å². The molecule has 2 aliphatic heterocycles. The molecule has 0 unspecified atom stereocenters. The fourth-order valence-corrected chi connectivity index (χ4v) is 5.88. The van der Waals surface area contributed by atoms with Crippen LogP contribution in [0.15, 0.2) is 36.7 Å². The highest BCUT2D eigenvalue weighted by molar-refractivity contribution is 7.91. The smallest absolute Gasteiger partial charge is 0.254 e. The van der Waals surface area contributed by atoms with E-state index in [9.17, 15) is 13.2 Å². The van der Waals surface area contributed by atoms with Gasteiger partial charge in [-0.15, -0.1) is 0 Å². The average Bonchev–Trinajstić information content (AvgIpc) is 3.22. The van der Waals surface area contributed by atoms with Crippen molar-refractivity contribution in [1.29, 1.82) is 0 Å². The normalized spacial score (nSPS) is 25.7. The number of piperazine rings is 1. The predicted molar refractivity (Wildman–Crippen MR) is 93.9 cm³/mol. The second-order valence-electron chi connectivity index (χ2n) is 6.67. The Labute approximate surface area is 146 Å². The molecule has 8 heteroatoms. The number of aromatic nitrogens is 2. The SMILES string of the molecule is CN1CCN(C(=O)c2ccccc2-c2ncc[nH]2)[C@@H]2CS(=O)(=O)C[C@@H]21. The Morgan fingerprint density at radius 3 is 2.72 bits per heavy atom. The Bertz CT molecular complexity index is 894. The van der Waals surface area contributed by atoms with Gasteiger partial charge in [0.15, 0.2) is 9.84 Å². The molecular weight excluding hydrogens is 340 g/mol. The number of likely N-dealkylation sites (N-methyl/N-ethyl adjacent to an activating group) is 1. The molecule has 132 valence electrons. The van der Waals surface area contributed by atoms with Gasteiger partial charge in [0.05, 0.1) is 23.1 Å². The number of sulfone groups is 1. The monoisotopic (exact) mass is 360 g/mol. The molecule has 2 saturated heterocycles. The molecule has 3 heterocycles. The van der Waals surface area contributed by atoms with Crippen LogP contribution in [0.3, 0.4) is 0 Å². The number of nitrogens with zero attached hydrogens (tertiary/aromatic N) is 3. The van der Waals surface area contributed by atoms with Crippen LogP contribution in [-0.4, -0.2) is 77.8 Å². The lowest BCUT2D eigenvalue weighted by atomic mass is 10.0. The Morgan fingerprint density at radius 1 is 1.20 bits per heavy atom. The lowest BCUT2D eigenvalue weighted by Gasteiger charge is -2.42. The predicted octanol–water partition coefficient (Wildman–Crippen LogP) is 0.630. The summed E-state index contributed by atoms with van der Waals surface area (Å²) in [7, 11) is -1.19. The van der Waals surface area contributed by atoms with Crippen LogP contribution in [0.4, 0.5) is 0 Å². The summed E-state index contributed by atoms with van der Waals surface area (Å²) in [6.07, 6.45) is 3.36. The summed E-state index contributed by atoms with van der Waals surface area (Å²) >= 11 is 0. The molecule has 0 radical (unpaired) electrons. The van der Waals surface area contributed by atoms with Crippen molar-refractivity contribution in [3.8, 4) is 11.4 Å². The standard InChI is InChI=1S/C17H20N4O3S/c1-20-8-9-21(15-11-25(23,24)10-14(15)20)17(22)13-5-3-2-4-12(13)16-18-6-7-19-16/h2-7,14-15H,8-11H2,1H3,(H,18,19)/t14-,15+/m0/s1. The topological polar surface area (TPSA) is 86.4 Å². The van der Waals surface area contributed by atoms with Crippen molar-refractivity contribution in [2.75, 3.05) is 31.6 Å². The minimum absolute atomic E-state index is 0.0384. The van der Waals surface area contributed by atoms with Crippen LogP contribution in [0.1, 0.15) is 10.4 Å². The molecular formula is C17H20N4O3S. The number of hydrogen-bond acceptors (Lipinski definition) is 5. The van der Waals surface area contributed by atoms with Crippen LogP contribution >= 0.6 is 0 Å². The second-order valence-corrected chi connectivity index (χ2v) is 8.83. The van der Waals surface area contributed by atoms with Gasteiger partial charge in [0.25, 0.3) is 5.91 Å². The Kier molecular flexibility index (Phi) is 3.88. The quantitative estimate of drug-likeness (QED) is 0.849. The van der Waals surface area contributed by atoms with Gasteiger partial charge in [0, 0.05) is 37.1 Å². The van der Waals surface area contributed by atoms with Crippen LogP contribution < -0.4 is 0 Å². The minimum atomic E-state index is -3.12. The van der Waals surface area contributed by atoms with Crippen molar-refractivity contribution in [3.63, 3.8) is 0 Å². The third kappa shape index (κ3) is 2.85. The number of fused-ring (bicyclic) bond motifs is 1. The molecule has 1 aromatic carbocycles. The first-order valence-corrected chi connectivity index (χ1v) is 10.1. The maximum Gasteiger partial charge on any atom is 0.254 e. The van der Waals surface area contributed by atoms with E-state index in [4.69, 9.17) is 0 Å². The lowest BCUT2D eigenvalue weighted by molar-refractivity contribution is 0.0410. The Morgan fingerprint density at radius 2 is 1.96 bits per heavy atom. The number of rotatable bonds is 2. The van der Waals surface area contributed by atoms with Gasteiger partial charge in [0.2, 0.25) is 0 Å². The van der Waals surface area contributed by atoms with E-state index >= 15 is 0 Å². The number of hydrogen-bond donors (Lipinski definition) is 1. The molecule has 2 atom stereocenters. The van der Waals surface area contributed by atoms with E-state index in [0.29, 0.717) is 24.5 Å². The maximum absolute atomic E-state index is 13.2. The van der Waals surface area contributed by atoms with E-state index in [1.807, 2.05) is 25.2 Å². The summed E-state index contributed by atoms with van der Waals surface area (Å²) in [5.41, 5.74) is 1.28. The molecule has 25 heavy (non-hydrogen) atoms. The average molecular weight is 360 g/mol. The number of carbonyl (C=O) groups is 1. The van der Waals surface area contributed by atoms with Crippen LogP contribution in [0, 0.1) is 0 Å².